The summed E-state index contributed by atoms with van der Waals surface area (Å²) < 4.78 is 0. The van der Waals surface area contributed by atoms with Crippen LogP contribution in [0.15, 0.2) is 0 Å². The first kappa shape index (κ1) is 6.05. The van der Waals surface area contributed by atoms with Gasteiger partial charge < -0.3 is 10.8 Å². The van der Waals surface area contributed by atoms with E-state index < -0.39 is 0 Å². The average Bonchev–Trinajstić information content (AvgIpc) is 2.14. The minimum absolute atomic E-state index is 0.278. The third kappa shape index (κ3) is 1.01. The highest BCUT2D eigenvalue weighted by atomic mass is 16.3. The molecule has 0 heterocycles. The molecule has 1 fully saturated rings. The molecule has 2 atom stereocenters. The van der Waals surface area contributed by atoms with Crippen molar-refractivity contribution in [1.29, 1.82) is 0 Å². The van der Waals surface area contributed by atoms with E-state index in [-0.39, 0.29) is 12.6 Å². The molecule has 0 amide bonds. The fraction of sp³-hybridized carbons (Fsp3) is 1.00. The monoisotopic (exact) mass is 115 g/mol. The predicted octanol–water partition coefficient (Wildman–Crippen LogP) is 0.106. The summed E-state index contributed by atoms with van der Waals surface area (Å²) in [6.45, 7) is 0.279. The zero-order chi connectivity index (χ0) is 5.98. The Labute approximate surface area is 49.7 Å². The van der Waals surface area contributed by atoms with Gasteiger partial charge in [-0.15, -0.1) is 0 Å². The summed E-state index contributed by atoms with van der Waals surface area (Å²) in [5, 5.41) is 8.66. The molecule has 0 aliphatic heterocycles. The smallest absolute Gasteiger partial charge is 0.0474 e. The van der Waals surface area contributed by atoms with Gasteiger partial charge in [-0.3, -0.25) is 0 Å². The van der Waals surface area contributed by atoms with Crippen molar-refractivity contribution >= 4 is 0 Å². The maximum absolute atomic E-state index is 8.66. The van der Waals surface area contributed by atoms with Gasteiger partial charge in [-0.05, 0) is 18.8 Å². The van der Waals surface area contributed by atoms with E-state index in [4.69, 9.17) is 10.8 Å². The summed E-state index contributed by atoms with van der Waals surface area (Å²) in [4.78, 5) is 0. The molecule has 1 aliphatic carbocycles. The Hall–Kier alpha value is -0.0800. The lowest BCUT2D eigenvalue weighted by atomic mass is 10.1. The van der Waals surface area contributed by atoms with E-state index in [1.807, 2.05) is 0 Å². The molecule has 0 aromatic carbocycles. The number of aliphatic hydroxyl groups is 1. The minimum Gasteiger partial charge on any atom is -0.396 e. The van der Waals surface area contributed by atoms with E-state index in [2.05, 4.69) is 0 Å². The van der Waals surface area contributed by atoms with Crippen molar-refractivity contribution in [2.24, 2.45) is 11.7 Å². The summed E-state index contributed by atoms with van der Waals surface area (Å²) in [7, 11) is 0. The van der Waals surface area contributed by atoms with Gasteiger partial charge in [0, 0.05) is 12.6 Å². The number of hydrogen-bond donors (Lipinski definition) is 2. The molecule has 8 heavy (non-hydrogen) atoms. The van der Waals surface area contributed by atoms with Crippen molar-refractivity contribution in [2.45, 2.75) is 25.3 Å². The fourth-order valence-corrected chi connectivity index (χ4v) is 1.29. The van der Waals surface area contributed by atoms with Gasteiger partial charge in [-0.2, -0.15) is 0 Å². The second-order valence-electron chi connectivity index (χ2n) is 2.54. The molecule has 0 spiro atoms. The molecule has 1 unspecified atom stereocenters. The Kier molecular flexibility index (Phi) is 1.86. The lowest BCUT2D eigenvalue weighted by Gasteiger charge is -2.09. The lowest BCUT2D eigenvalue weighted by Crippen LogP contribution is -2.26. The summed E-state index contributed by atoms with van der Waals surface area (Å²) in [5.74, 6) is 0.398. The fourth-order valence-electron chi connectivity index (χ4n) is 1.29. The Morgan fingerprint density at radius 3 is 2.50 bits per heavy atom. The van der Waals surface area contributed by atoms with Gasteiger partial charge in [-0.1, -0.05) is 6.42 Å². The van der Waals surface area contributed by atoms with Crippen LogP contribution >= 0.6 is 0 Å². The van der Waals surface area contributed by atoms with Gasteiger partial charge in [0.25, 0.3) is 0 Å². The number of rotatable bonds is 1. The van der Waals surface area contributed by atoms with E-state index in [0.29, 0.717) is 5.92 Å². The van der Waals surface area contributed by atoms with Crippen LogP contribution in [0.2, 0.25) is 0 Å². The highest BCUT2D eigenvalue weighted by Gasteiger charge is 2.22. The minimum atomic E-state index is 0.278. The van der Waals surface area contributed by atoms with Crippen LogP contribution in [0.3, 0.4) is 0 Å². The van der Waals surface area contributed by atoms with Gasteiger partial charge in [0.05, 0.1) is 0 Å². The van der Waals surface area contributed by atoms with Crippen LogP contribution in [0.25, 0.3) is 0 Å². The zero-order valence-electron chi connectivity index (χ0n) is 5.01. The molecule has 0 bridgehead atoms. The summed E-state index contributed by atoms with van der Waals surface area (Å²) in [6, 6.07) is 0.278. The van der Waals surface area contributed by atoms with Crippen LogP contribution in [-0.4, -0.2) is 17.8 Å². The topological polar surface area (TPSA) is 46.2 Å². The van der Waals surface area contributed by atoms with Gasteiger partial charge in [0.2, 0.25) is 0 Å². The van der Waals surface area contributed by atoms with Crippen LogP contribution in [0.4, 0.5) is 0 Å². The molecule has 2 nitrogen and oxygen atoms in total. The number of hydrogen-bond acceptors (Lipinski definition) is 2. The van der Waals surface area contributed by atoms with Gasteiger partial charge in [-0.25, -0.2) is 0 Å². The van der Waals surface area contributed by atoms with Crippen molar-refractivity contribution in [1.82, 2.24) is 0 Å². The van der Waals surface area contributed by atoms with Crippen molar-refractivity contribution < 1.29 is 5.11 Å². The molecule has 2 heteroatoms. The molecule has 0 aromatic heterocycles. The van der Waals surface area contributed by atoms with E-state index in [1.54, 1.807) is 0 Å². The van der Waals surface area contributed by atoms with Crippen LogP contribution in [0.1, 0.15) is 19.3 Å². The Balaban J connectivity index is 2.30. The molecule has 1 rings (SSSR count). The van der Waals surface area contributed by atoms with E-state index in [1.165, 1.54) is 6.42 Å². The third-order valence-corrected chi connectivity index (χ3v) is 1.95. The number of aliphatic hydroxyl groups excluding tert-OH is 1. The van der Waals surface area contributed by atoms with Crippen molar-refractivity contribution in [3.63, 3.8) is 0 Å². The molecule has 3 N–H and O–H groups in total. The maximum Gasteiger partial charge on any atom is 0.0474 e. The normalized spacial score (nSPS) is 38.2. The lowest BCUT2D eigenvalue weighted by molar-refractivity contribution is 0.218. The molecular weight excluding hydrogens is 102 g/mol. The van der Waals surface area contributed by atoms with Crippen molar-refractivity contribution in [3.8, 4) is 0 Å². The first-order valence-electron chi connectivity index (χ1n) is 3.21. The molecule has 0 aromatic rings. The van der Waals surface area contributed by atoms with Crippen molar-refractivity contribution in [3.05, 3.63) is 0 Å². The van der Waals surface area contributed by atoms with E-state index >= 15 is 0 Å². The SMILES string of the molecule is NC1CCC[C@@H]1CO. The van der Waals surface area contributed by atoms with Crippen LogP contribution in [-0.2, 0) is 0 Å². The highest BCUT2D eigenvalue weighted by Crippen LogP contribution is 2.22. The summed E-state index contributed by atoms with van der Waals surface area (Å²) in [5.41, 5.74) is 5.63. The first-order chi connectivity index (χ1) is 3.84. The van der Waals surface area contributed by atoms with Crippen LogP contribution in [0.5, 0.6) is 0 Å². The second kappa shape index (κ2) is 2.46. The molecule has 0 radical (unpaired) electrons. The molecule has 0 saturated heterocycles. The van der Waals surface area contributed by atoms with Gasteiger partial charge in [0.15, 0.2) is 0 Å². The van der Waals surface area contributed by atoms with Crippen LogP contribution < -0.4 is 5.73 Å². The Morgan fingerprint density at radius 1 is 1.50 bits per heavy atom. The molecule has 1 saturated carbocycles. The van der Waals surface area contributed by atoms with E-state index in [9.17, 15) is 0 Å². The zero-order valence-corrected chi connectivity index (χ0v) is 5.01. The first-order valence-corrected chi connectivity index (χ1v) is 3.21. The second-order valence-corrected chi connectivity index (χ2v) is 2.54. The molecular formula is C6H13NO. The average molecular weight is 115 g/mol. The summed E-state index contributed by atoms with van der Waals surface area (Å²) >= 11 is 0. The van der Waals surface area contributed by atoms with Gasteiger partial charge >= 0.3 is 0 Å². The van der Waals surface area contributed by atoms with E-state index in [0.717, 1.165) is 12.8 Å². The summed E-state index contributed by atoms with van der Waals surface area (Å²) in [6.07, 6.45) is 3.43. The highest BCUT2D eigenvalue weighted by molar-refractivity contribution is 4.78. The standard InChI is InChI=1S/C6H13NO/c7-6-3-1-2-5(6)4-8/h5-6,8H,1-4,7H2/t5-,6?/m1/s1. The Morgan fingerprint density at radius 2 is 2.25 bits per heavy atom. The largest absolute Gasteiger partial charge is 0.396 e. The maximum atomic E-state index is 8.66. The molecule has 48 valence electrons. The Bertz CT molecular complexity index is 74.9. The van der Waals surface area contributed by atoms with Crippen LogP contribution in [0, 0.1) is 5.92 Å². The van der Waals surface area contributed by atoms with Gasteiger partial charge in [0.1, 0.15) is 0 Å². The quantitative estimate of drug-likeness (QED) is 0.509. The third-order valence-electron chi connectivity index (χ3n) is 1.95. The number of nitrogens with two attached hydrogens (primary N) is 1. The predicted molar refractivity (Wildman–Crippen MR) is 32.4 cm³/mol. The molecule has 1 aliphatic rings. The van der Waals surface area contributed by atoms with Crippen molar-refractivity contribution in [2.75, 3.05) is 6.61 Å².